The van der Waals surface area contributed by atoms with Gasteiger partial charge in [-0.15, -0.1) is 0 Å². The molecule has 20 heavy (non-hydrogen) atoms. The van der Waals surface area contributed by atoms with E-state index in [0.717, 1.165) is 22.6 Å². The largest absolute Gasteiger partial charge is 0.496 e. The van der Waals surface area contributed by atoms with Gasteiger partial charge in [0.05, 0.1) is 7.11 Å². The minimum absolute atomic E-state index is 0.0992. The van der Waals surface area contributed by atoms with Crippen molar-refractivity contribution in [1.82, 2.24) is 0 Å². The van der Waals surface area contributed by atoms with E-state index in [1.165, 1.54) is 0 Å². The fourth-order valence-corrected chi connectivity index (χ4v) is 2.04. The van der Waals surface area contributed by atoms with Crippen LogP contribution in [0.15, 0.2) is 42.5 Å². The molecule has 0 heterocycles. The zero-order chi connectivity index (χ0) is 14.4. The normalized spacial score (nSPS) is 10.3. The van der Waals surface area contributed by atoms with Crippen molar-refractivity contribution in [3.63, 3.8) is 0 Å². The molecular weight excluding hydrogens is 254 g/mol. The van der Waals surface area contributed by atoms with Gasteiger partial charge in [0, 0.05) is 17.9 Å². The molecule has 0 radical (unpaired) electrons. The highest BCUT2D eigenvalue weighted by Gasteiger charge is 2.07. The van der Waals surface area contributed by atoms with Crippen molar-refractivity contribution < 1.29 is 14.6 Å². The number of nitrogen functional groups attached to an aromatic ring is 1. The van der Waals surface area contributed by atoms with Crippen LogP contribution in [0.1, 0.15) is 11.1 Å². The number of methoxy groups -OCH3 is 1. The molecule has 0 aliphatic heterocycles. The first kappa shape index (κ1) is 14.2. The van der Waals surface area contributed by atoms with Gasteiger partial charge in [0.1, 0.15) is 18.1 Å². The first-order chi connectivity index (χ1) is 9.74. The first-order valence-electron chi connectivity index (χ1n) is 6.48. The molecule has 0 saturated heterocycles. The zero-order valence-electron chi connectivity index (χ0n) is 11.5. The Kier molecular flexibility index (Phi) is 4.85. The van der Waals surface area contributed by atoms with Crippen LogP contribution in [-0.2, 0) is 13.0 Å². The molecular formula is C16H19NO3. The molecule has 0 saturated carbocycles. The lowest BCUT2D eigenvalue weighted by Gasteiger charge is -2.13. The molecule has 2 rings (SSSR count). The molecule has 106 valence electrons. The Morgan fingerprint density at radius 1 is 1.05 bits per heavy atom. The van der Waals surface area contributed by atoms with E-state index in [-0.39, 0.29) is 6.61 Å². The Bertz CT molecular complexity index is 569. The molecule has 2 aromatic rings. The van der Waals surface area contributed by atoms with Gasteiger partial charge < -0.3 is 20.3 Å². The molecule has 0 bridgehead atoms. The number of aliphatic hydroxyl groups excluding tert-OH is 1. The maximum Gasteiger partial charge on any atom is 0.125 e. The highest BCUT2D eigenvalue weighted by molar-refractivity contribution is 5.48. The number of anilines is 1. The molecule has 2 aromatic carbocycles. The molecule has 0 amide bonds. The highest BCUT2D eigenvalue weighted by Crippen LogP contribution is 2.25. The third-order valence-electron chi connectivity index (χ3n) is 3.04. The van der Waals surface area contributed by atoms with E-state index < -0.39 is 0 Å². The van der Waals surface area contributed by atoms with Gasteiger partial charge >= 0.3 is 0 Å². The molecule has 0 fully saturated rings. The zero-order valence-corrected chi connectivity index (χ0v) is 11.5. The first-order valence-corrected chi connectivity index (χ1v) is 6.48. The highest BCUT2D eigenvalue weighted by atomic mass is 16.5. The number of para-hydroxylation sites is 1. The molecule has 0 aromatic heterocycles. The lowest BCUT2D eigenvalue weighted by molar-refractivity contribution is 0.280. The van der Waals surface area contributed by atoms with Crippen LogP contribution in [0, 0.1) is 0 Å². The van der Waals surface area contributed by atoms with Crippen molar-refractivity contribution in [3.05, 3.63) is 53.6 Å². The summed E-state index contributed by atoms with van der Waals surface area (Å²) in [6, 6.07) is 13.1. The van der Waals surface area contributed by atoms with Crippen LogP contribution >= 0.6 is 0 Å². The smallest absolute Gasteiger partial charge is 0.125 e. The van der Waals surface area contributed by atoms with Crippen LogP contribution in [0.2, 0.25) is 0 Å². The summed E-state index contributed by atoms with van der Waals surface area (Å²) in [6.45, 7) is 0.471. The van der Waals surface area contributed by atoms with Gasteiger partial charge in [0.2, 0.25) is 0 Å². The standard InChI is InChI=1S/C16H19NO3/c1-19-15-7-6-14(17)10-13(15)11-20-16-5-3-2-4-12(16)8-9-18/h2-7,10,18H,8-9,11,17H2,1H3. The van der Waals surface area contributed by atoms with Crippen molar-refractivity contribution in [1.29, 1.82) is 0 Å². The molecule has 0 aliphatic carbocycles. The molecule has 0 aliphatic rings. The van der Waals surface area contributed by atoms with Crippen LogP contribution in [0.5, 0.6) is 11.5 Å². The van der Waals surface area contributed by atoms with E-state index >= 15 is 0 Å². The SMILES string of the molecule is COc1ccc(N)cc1COc1ccccc1CCO. The Hall–Kier alpha value is -2.20. The van der Waals surface area contributed by atoms with Crippen molar-refractivity contribution in [2.75, 3.05) is 19.5 Å². The molecule has 4 nitrogen and oxygen atoms in total. The minimum Gasteiger partial charge on any atom is -0.496 e. The average molecular weight is 273 g/mol. The lowest BCUT2D eigenvalue weighted by Crippen LogP contribution is -2.02. The Balaban J connectivity index is 2.14. The van der Waals surface area contributed by atoms with Crippen molar-refractivity contribution in [2.24, 2.45) is 0 Å². The Morgan fingerprint density at radius 2 is 1.85 bits per heavy atom. The maximum atomic E-state index is 9.06. The van der Waals surface area contributed by atoms with Gasteiger partial charge in [-0.3, -0.25) is 0 Å². The Labute approximate surface area is 118 Å². The molecule has 0 unspecified atom stereocenters. The fourth-order valence-electron chi connectivity index (χ4n) is 2.04. The van der Waals surface area contributed by atoms with Crippen LogP contribution < -0.4 is 15.2 Å². The van der Waals surface area contributed by atoms with Crippen molar-refractivity contribution in [3.8, 4) is 11.5 Å². The molecule has 0 atom stereocenters. The predicted octanol–water partition coefficient (Wildman–Crippen LogP) is 2.39. The van der Waals surface area contributed by atoms with Crippen LogP contribution in [0.4, 0.5) is 5.69 Å². The number of hydrogen-bond acceptors (Lipinski definition) is 4. The molecule has 3 N–H and O–H groups in total. The number of nitrogens with two attached hydrogens (primary N) is 1. The topological polar surface area (TPSA) is 64.7 Å². The van der Waals surface area contributed by atoms with Crippen molar-refractivity contribution in [2.45, 2.75) is 13.0 Å². The average Bonchev–Trinajstić information content (AvgIpc) is 2.47. The summed E-state index contributed by atoms with van der Waals surface area (Å²) in [4.78, 5) is 0. The predicted molar refractivity (Wildman–Crippen MR) is 79.0 cm³/mol. The van der Waals surface area contributed by atoms with Crippen molar-refractivity contribution >= 4 is 5.69 Å². The van der Waals surface area contributed by atoms with E-state index in [0.29, 0.717) is 18.7 Å². The summed E-state index contributed by atoms with van der Waals surface area (Å²) >= 11 is 0. The van der Waals surface area contributed by atoms with Crippen LogP contribution in [0.25, 0.3) is 0 Å². The van der Waals surface area contributed by atoms with Gasteiger partial charge in [-0.1, -0.05) is 18.2 Å². The molecule has 0 spiro atoms. The van der Waals surface area contributed by atoms with E-state index in [9.17, 15) is 0 Å². The fraction of sp³-hybridized carbons (Fsp3) is 0.250. The second-order valence-electron chi connectivity index (χ2n) is 4.44. The third kappa shape index (κ3) is 3.42. The number of rotatable bonds is 6. The molecule has 4 heteroatoms. The summed E-state index contributed by atoms with van der Waals surface area (Å²) in [7, 11) is 1.62. The monoisotopic (exact) mass is 273 g/mol. The summed E-state index contributed by atoms with van der Waals surface area (Å²) in [6.07, 6.45) is 0.574. The maximum absolute atomic E-state index is 9.06. The van der Waals surface area contributed by atoms with E-state index in [2.05, 4.69) is 0 Å². The number of hydrogen-bond donors (Lipinski definition) is 2. The number of aliphatic hydroxyl groups is 1. The van der Waals surface area contributed by atoms with Gasteiger partial charge in [-0.05, 0) is 36.2 Å². The second kappa shape index (κ2) is 6.82. The number of benzene rings is 2. The van der Waals surface area contributed by atoms with E-state index in [1.54, 1.807) is 13.2 Å². The van der Waals surface area contributed by atoms with Crippen LogP contribution in [-0.4, -0.2) is 18.8 Å². The summed E-state index contributed by atoms with van der Waals surface area (Å²) in [5.41, 5.74) is 8.34. The van der Waals surface area contributed by atoms with Gasteiger partial charge in [0.15, 0.2) is 0 Å². The second-order valence-corrected chi connectivity index (χ2v) is 4.44. The quantitative estimate of drug-likeness (QED) is 0.793. The van der Waals surface area contributed by atoms with Gasteiger partial charge in [-0.2, -0.15) is 0 Å². The summed E-state index contributed by atoms with van der Waals surface area (Å²) in [5.74, 6) is 1.52. The van der Waals surface area contributed by atoms with Gasteiger partial charge in [0.25, 0.3) is 0 Å². The van der Waals surface area contributed by atoms with Gasteiger partial charge in [-0.25, -0.2) is 0 Å². The summed E-state index contributed by atoms with van der Waals surface area (Å²) < 4.78 is 11.1. The lowest BCUT2D eigenvalue weighted by atomic mass is 10.1. The number of ether oxygens (including phenoxy) is 2. The van der Waals surface area contributed by atoms with E-state index in [1.807, 2.05) is 36.4 Å². The minimum atomic E-state index is 0.0992. The third-order valence-corrected chi connectivity index (χ3v) is 3.04. The van der Waals surface area contributed by atoms with Crippen LogP contribution in [0.3, 0.4) is 0 Å². The van der Waals surface area contributed by atoms with E-state index in [4.69, 9.17) is 20.3 Å². The Morgan fingerprint density at radius 3 is 2.60 bits per heavy atom. The summed E-state index contributed by atoms with van der Waals surface area (Å²) in [5, 5.41) is 9.06.